The summed E-state index contributed by atoms with van der Waals surface area (Å²) >= 11 is 5.63. The summed E-state index contributed by atoms with van der Waals surface area (Å²) < 4.78 is 0. The Morgan fingerprint density at radius 1 is 1.33 bits per heavy atom. The Labute approximate surface area is 84.3 Å². The first-order chi connectivity index (χ1) is 5.24. The molecule has 0 saturated carbocycles. The van der Waals surface area contributed by atoms with Crippen molar-refractivity contribution < 1.29 is 0 Å². The lowest BCUT2D eigenvalue weighted by atomic mass is 10.1. The summed E-state index contributed by atoms with van der Waals surface area (Å²) in [5, 5.41) is 0. The third-order valence-electron chi connectivity index (χ3n) is 1.66. The van der Waals surface area contributed by atoms with Gasteiger partial charge in [-0.1, -0.05) is 24.3 Å². The third-order valence-corrected chi connectivity index (χ3v) is 1.97. The first-order valence-electron chi connectivity index (χ1n) is 3.64. The number of alkyl halides is 1. The van der Waals surface area contributed by atoms with E-state index in [1.54, 1.807) is 0 Å². The number of halogens is 2. The predicted octanol–water partition coefficient (Wildman–Crippen LogP) is 2.87. The van der Waals surface area contributed by atoms with Gasteiger partial charge in [0.25, 0.3) is 0 Å². The van der Waals surface area contributed by atoms with E-state index >= 15 is 0 Å². The second-order valence-electron chi connectivity index (χ2n) is 2.66. The molecule has 68 valence electrons. The Morgan fingerprint density at radius 2 is 1.83 bits per heavy atom. The highest BCUT2D eigenvalue weighted by Crippen LogP contribution is 2.11. The first kappa shape index (κ1) is 11.8. The molecule has 3 heteroatoms. The van der Waals surface area contributed by atoms with Gasteiger partial charge in [0, 0.05) is 11.9 Å². The van der Waals surface area contributed by atoms with Crippen LogP contribution in [0.15, 0.2) is 24.3 Å². The predicted molar refractivity (Wildman–Crippen MR) is 55.8 cm³/mol. The van der Waals surface area contributed by atoms with Crippen LogP contribution in [0.4, 0.5) is 0 Å². The molecule has 0 saturated heterocycles. The maximum absolute atomic E-state index is 5.67. The van der Waals surface area contributed by atoms with E-state index in [1.165, 1.54) is 0 Å². The molecule has 1 aromatic rings. The summed E-state index contributed by atoms with van der Waals surface area (Å²) in [7, 11) is 0. The Kier molecular flexibility index (Phi) is 5.31. The third kappa shape index (κ3) is 3.02. The summed E-state index contributed by atoms with van der Waals surface area (Å²) in [5.74, 6) is 0.569. The zero-order valence-corrected chi connectivity index (χ0v) is 8.53. The number of benzene rings is 1. The Hall–Kier alpha value is -0.240. The Balaban J connectivity index is 0.00000121. The first-order valence-corrected chi connectivity index (χ1v) is 4.18. The van der Waals surface area contributed by atoms with E-state index in [2.05, 4.69) is 0 Å². The molecule has 1 aromatic carbocycles. The van der Waals surface area contributed by atoms with Crippen molar-refractivity contribution in [2.24, 2.45) is 5.73 Å². The molecule has 0 aliphatic rings. The van der Waals surface area contributed by atoms with Crippen LogP contribution in [-0.2, 0) is 5.88 Å². The molecule has 0 unspecified atom stereocenters. The van der Waals surface area contributed by atoms with Gasteiger partial charge in [-0.25, -0.2) is 0 Å². The molecular formula is C9H13Cl2N. The lowest BCUT2D eigenvalue weighted by Crippen LogP contribution is -2.04. The van der Waals surface area contributed by atoms with Gasteiger partial charge >= 0.3 is 0 Å². The lowest BCUT2D eigenvalue weighted by Gasteiger charge is -2.04. The van der Waals surface area contributed by atoms with Crippen molar-refractivity contribution in [1.29, 1.82) is 0 Å². The average molecular weight is 206 g/mol. The van der Waals surface area contributed by atoms with Gasteiger partial charge in [0.1, 0.15) is 0 Å². The molecule has 1 nitrogen and oxygen atoms in total. The zero-order valence-electron chi connectivity index (χ0n) is 6.96. The Morgan fingerprint density at radius 3 is 2.17 bits per heavy atom. The van der Waals surface area contributed by atoms with Gasteiger partial charge in [0.05, 0.1) is 0 Å². The molecule has 2 N–H and O–H groups in total. The van der Waals surface area contributed by atoms with Crippen LogP contribution in [0.25, 0.3) is 0 Å². The fourth-order valence-corrected chi connectivity index (χ4v) is 1.09. The second-order valence-corrected chi connectivity index (χ2v) is 2.93. The summed E-state index contributed by atoms with van der Waals surface area (Å²) in [4.78, 5) is 0. The molecule has 0 fully saturated rings. The van der Waals surface area contributed by atoms with E-state index in [-0.39, 0.29) is 18.4 Å². The van der Waals surface area contributed by atoms with Gasteiger partial charge < -0.3 is 5.73 Å². The van der Waals surface area contributed by atoms with Gasteiger partial charge in [0.15, 0.2) is 0 Å². The number of hydrogen-bond acceptors (Lipinski definition) is 1. The smallest absolute Gasteiger partial charge is 0.0474 e. The van der Waals surface area contributed by atoms with E-state index in [9.17, 15) is 0 Å². The SMILES string of the molecule is C[C@@H](N)c1ccc(CCl)cc1.Cl. The van der Waals surface area contributed by atoms with Crippen LogP contribution >= 0.6 is 24.0 Å². The molecule has 12 heavy (non-hydrogen) atoms. The monoisotopic (exact) mass is 205 g/mol. The van der Waals surface area contributed by atoms with E-state index in [0.29, 0.717) is 5.88 Å². The lowest BCUT2D eigenvalue weighted by molar-refractivity contribution is 0.817. The van der Waals surface area contributed by atoms with E-state index in [0.717, 1.165) is 11.1 Å². The van der Waals surface area contributed by atoms with Crippen molar-refractivity contribution in [3.63, 3.8) is 0 Å². The maximum atomic E-state index is 5.67. The zero-order chi connectivity index (χ0) is 8.27. The summed E-state index contributed by atoms with van der Waals surface area (Å²) in [6.45, 7) is 1.97. The van der Waals surface area contributed by atoms with Crippen molar-refractivity contribution in [2.75, 3.05) is 0 Å². The van der Waals surface area contributed by atoms with Crippen LogP contribution in [0, 0.1) is 0 Å². The van der Waals surface area contributed by atoms with Crippen molar-refractivity contribution in [3.8, 4) is 0 Å². The Bertz CT molecular complexity index is 218. The van der Waals surface area contributed by atoms with Crippen molar-refractivity contribution in [1.82, 2.24) is 0 Å². The van der Waals surface area contributed by atoms with Crippen LogP contribution in [0.3, 0.4) is 0 Å². The quantitative estimate of drug-likeness (QED) is 0.739. The standard InChI is InChI=1S/C9H12ClN.ClH/c1-7(11)9-4-2-8(6-10)3-5-9;/h2-5,7H,6,11H2,1H3;1H/t7-;/m1./s1. The molecule has 0 aliphatic carbocycles. The minimum Gasteiger partial charge on any atom is -0.324 e. The second kappa shape index (κ2) is 5.41. The maximum Gasteiger partial charge on any atom is 0.0474 e. The fourth-order valence-electron chi connectivity index (χ4n) is 0.910. The van der Waals surface area contributed by atoms with Gasteiger partial charge in [-0.05, 0) is 18.1 Å². The van der Waals surface area contributed by atoms with Gasteiger partial charge in [-0.2, -0.15) is 0 Å². The molecule has 0 aliphatic heterocycles. The average Bonchev–Trinajstić information content (AvgIpc) is 2.05. The highest BCUT2D eigenvalue weighted by molar-refractivity contribution is 6.17. The molecule has 0 bridgehead atoms. The van der Waals surface area contributed by atoms with E-state index < -0.39 is 0 Å². The molecule has 0 spiro atoms. The number of hydrogen-bond donors (Lipinski definition) is 1. The van der Waals surface area contributed by atoms with Gasteiger partial charge in [0.2, 0.25) is 0 Å². The van der Waals surface area contributed by atoms with Gasteiger partial charge in [-0.15, -0.1) is 24.0 Å². The summed E-state index contributed by atoms with van der Waals surface area (Å²) in [6.07, 6.45) is 0. The van der Waals surface area contributed by atoms with Crippen molar-refractivity contribution in [2.45, 2.75) is 18.8 Å². The van der Waals surface area contributed by atoms with Crippen LogP contribution in [0.2, 0.25) is 0 Å². The highest BCUT2D eigenvalue weighted by atomic mass is 35.5. The number of nitrogens with two attached hydrogens (primary N) is 1. The van der Waals surface area contributed by atoms with E-state index in [4.69, 9.17) is 17.3 Å². The largest absolute Gasteiger partial charge is 0.324 e. The van der Waals surface area contributed by atoms with Crippen LogP contribution in [-0.4, -0.2) is 0 Å². The topological polar surface area (TPSA) is 26.0 Å². The molecule has 0 heterocycles. The van der Waals surface area contributed by atoms with Crippen molar-refractivity contribution >= 4 is 24.0 Å². The highest BCUT2D eigenvalue weighted by Gasteiger charge is 1.97. The van der Waals surface area contributed by atoms with E-state index in [1.807, 2.05) is 31.2 Å². The van der Waals surface area contributed by atoms with Crippen LogP contribution in [0.5, 0.6) is 0 Å². The minimum absolute atomic E-state index is 0. The number of rotatable bonds is 2. The van der Waals surface area contributed by atoms with Gasteiger partial charge in [-0.3, -0.25) is 0 Å². The minimum atomic E-state index is 0. The summed E-state index contributed by atoms with van der Waals surface area (Å²) in [6, 6.07) is 8.15. The molecule has 1 rings (SSSR count). The summed E-state index contributed by atoms with van der Waals surface area (Å²) in [5.41, 5.74) is 7.96. The fraction of sp³-hybridized carbons (Fsp3) is 0.333. The molecule has 0 radical (unpaired) electrons. The normalized spacial score (nSPS) is 11.9. The van der Waals surface area contributed by atoms with Crippen LogP contribution in [0.1, 0.15) is 24.1 Å². The van der Waals surface area contributed by atoms with Crippen LogP contribution < -0.4 is 5.73 Å². The molecule has 0 aromatic heterocycles. The molecule has 1 atom stereocenters. The molecule has 0 amide bonds. The molecular weight excluding hydrogens is 193 g/mol. The van der Waals surface area contributed by atoms with Crippen molar-refractivity contribution in [3.05, 3.63) is 35.4 Å².